The molecule has 0 atom stereocenters. The maximum atomic E-state index is 12.4. The van der Waals surface area contributed by atoms with Gasteiger partial charge in [0.2, 0.25) is 0 Å². The van der Waals surface area contributed by atoms with Crippen LogP contribution in [-0.4, -0.2) is 26.1 Å². The van der Waals surface area contributed by atoms with E-state index in [4.69, 9.17) is 8.97 Å². The van der Waals surface area contributed by atoms with E-state index in [0.29, 0.717) is 16.7 Å². The van der Waals surface area contributed by atoms with Crippen LogP contribution >= 0.6 is 0 Å². The van der Waals surface area contributed by atoms with Crippen LogP contribution < -0.4 is 10.5 Å². The van der Waals surface area contributed by atoms with Crippen LogP contribution in [0.1, 0.15) is 13.8 Å². The number of fused-ring (bicyclic) bond motifs is 1. The van der Waals surface area contributed by atoms with Crippen LogP contribution in [0.2, 0.25) is 0 Å². The number of hydrogen-bond donors (Lipinski definition) is 1. The van der Waals surface area contributed by atoms with E-state index < -0.39 is 15.7 Å². The Balaban J connectivity index is 2.07. The van der Waals surface area contributed by atoms with Gasteiger partial charge in [0.25, 0.3) is 10.1 Å². The average molecular weight is 373 g/mol. The molecule has 0 spiro atoms. The van der Waals surface area contributed by atoms with Gasteiger partial charge in [0.15, 0.2) is 0 Å². The van der Waals surface area contributed by atoms with E-state index >= 15 is 0 Å². The lowest BCUT2D eigenvalue weighted by atomic mass is 10.1. The normalized spacial score (nSPS) is 11.7. The SMILES string of the molecule is CCN(CC)c1ccc2cc(-c3ccc(S(=O)(=O)O)cc3)c(=O)oc2c1. The summed E-state index contributed by atoms with van der Waals surface area (Å²) in [5, 5.41) is 0.773. The molecule has 26 heavy (non-hydrogen) atoms. The van der Waals surface area contributed by atoms with Crippen molar-refractivity contribution in [3.63, 3.8) is 0 Å². The number of benzene rings is 2. The third kappa shape index (κ3) is 3.49. The molecule has 0 aliphatic heterocycles. The molecular weight excluding hydrogens is 354 g/mol. The second kappa shape index (κ2) is 6.93. The summed E-state index contributed by atoms with van der Waals surface area (Å²) in [5.74, 6) is 0. The molecule has 0 aliphatic carbocycles. The third-order valence-corrected chi connectivity index (χ3v) is 5.18. The van der Waals surface area contributed by atoms with Gasteiger partial charge in [0.1, 0.15) is 5.58 Å². The highest BCUT2D eigenvalue weighted by Gasteiger charge is 2.13. The summed E-state index contributed by atoms with van der Waals surface area (Å²) in [6, 6.07) is 12.8. The minimum absolute atomic E-state index is 0.227. The van der Waals surface area contributed by atoms with Crippen LogP contribution in [0, 0.1) is 0 Å². The van der Waals surface area contributed by atoms with Gasteiger partial charge >= 0.3 is 5.63 Å². The van der Waals surface area contributed by atoms with E-state index in [0.717, 1.165) is 24.2 Å². The molecule has 0 bridgehead atoms. The van der Waals surface area contributed by atoms with Crippen molar-refractivity contribution in [3.05, 3.63) is 59.0 Å². The van der Waals surface area contributed by atoms with Gasteiger partial charge in [-0.05, 0) is 49.7 Å². The second-order valence-corrected chi connectivity index (χ2v) is 7.26. The summed E-state index contributed by atoms with van der Waals surface area (Å²) < 4.78 is 36.8. The number of hydrogen-bond acceptors (Lipinski definition) is 5. The van der Waals surface area contributed by atoms with Gasteiger partial charge < -0.3 is 9.32 Å². The lowest BCUT2D eigenvalue weighted by Crippen LogP contribution is -2.21. The molecule has 0 radical (unpaired) electrons. The minimum Gasteiger partial charge on any atom is -0.422 e. The van der Waals surface area contributed by atoms with E-state index in [2.05, 4.69) is 18.7 Å². The van der Waals surface area contributed by atoms with Gasteiger partial charge in [0.05, 0.1) is 10.5 Å². The molecule has 7 heteroatoms. The molecule has 0 aliphatic rings. The average Bonchev–Trinajstić information content (AvgIpc) is 2.61. The van der Waals surface area contributed by atoms with Crippen LogP contribution in [0.5, 0.6) is 0 Å². The van der Waals surface area contributed by atoms with E-state index in [1.165, 1.54) is 24.3 Å². The zero-order valence-corrected chi connectivity index (χ0v) is 15.3. The molecule has 0 unspecified atom stereocenters. The molecule has 2 aromatic carbocycles. The molecule has 1 N–H and O–H groups in total. The quantitative estimate of drug-likeness (QED) is 0.543. The topological polar surface area (TPSA) is 87.8 Å². The second-order valence-electron chi connectivity index (χ2n) is 5.84. The van der Waals surface area contributed by atoms with Crippen molar-refractivity contribution in [1.29, 1.82) is 0 Å². The Morgan fingerprint density at radius 3 is 2.23 bits per heavy atom. The first-order valence-corrected chi connectivity index (χ1v) is 9.68. The Labute approximate surface area is 151 Å². The number of rotatable bonds is 5. The van der Waals surface area contributed by atoms with Crippen molar-refractivity contribution in [2.45, 2.75) is 18.7 Å². The van der Waals surface area contributed by atoms with Gasteiger partial charge in [-0.15, -0.1) is 0 Å². The van der Waals surface area contributed by atoms with E-state index in [-0.39, 0.29) is 4.90 Å². The summed E-state index contributed by atoms with van der Waals surface area (Å²) >= 11 is 0. The number of nitrogens with zero attached hydrogens (tertiary/aromatic N) is 1. The van der Waals surface area contributed by atoms with Gasteiger partial charge in [0, 0.05) is 30.2 Å². The highest BCUT2D eigenvalue weighted by atomic mass is 32.2. The summed E-state index contributed by atoms with van der Waals surface area (Å²) in [5.41, 5.74) is 1.82. The van der Waals surface area contributed by atoms with Crippen molar-refractivity contribution in [1.82, 2.24) is 0 Å². The number of anilines is 1. The molecule has 0 saturated carbocycles. The first-order valence-electron chi connectivity index (χ1n) is 8.24. The van der Waals surface area contributed by atoms with Crippen molar-refractivity contribution in [3.8, 4) is 11.1 Å². The first-order chi connectivity index (χ1) is 12.3. The van der Waals surface area contributed by atoms with Crippen molar-refractivity contribution in [2.75, 3.05) is 18.0 Å². The molecule has 6 nitrogen and oxygen atoms in total. The molecule has 0 fully saturated rings. The molecule has 0 saturated heterocycles. The molecule has 136 valence electrons. The molecule has 1 aromatic heterocycles. The maximum Gasteiger partial charge on any atom is 0.344 e. The lowest BCUT2D eigenvalue weighted by molar-refractivity contribution is 0.483. The Morgan fingerprint density at radius 1 is 1.00 bits per heavy atom. The first kappa shape index (κ1) is 18.2. The summed E-state index contributed by atoms with van der Waals surface area (Å²) in [6.07, 6.45) is 0. The summed E-state index contributed by atoms with van der Waals surface area (Å²) in [7, 11) is -4.27. The van der Waals surface area contributed by atoms with Gasteiger partial charge in [-0.2, -0.15) is 8.42 Å². The molecule has 3 aromatic rings. The molecule has 0 amide bonds. The fraction of sp³-hybridized carbons (Fsp3) is 0.211. The van der Waals surface area contributed by atoms with E-state index in [1.807, 2.05) is 18.2 Å². The third-order valence-electron chi connectivity index (χ3n) is 4.31. The van der Waals surface area contributed by atoms with Crippen molar-refractivity contribution >= 4 is 26.8 Å². The Bertz CT molecular complexity index is 1100. The van der Waals surface area contributed by atoms with Gasteiger partial charge in [-0.3, -0.25) is 4.55 Å². The minimum atomic E-state index is -4.27. The Kier molecular flexibility index (Phi) is 4.84. The predicted octanol–water partition coefficient (Wildman–Crippen LogP) is 3.55. The van der Waals surface area contributed by atoms with Gasteiger partial charge in [-0.1, -0.05) is 12.1 Å². The molecule has 1 heterocycles. The monoisotopic (exact) mass is 373 g/mol. The molecule has 3 rings (SSSR count). The van der Waals surface area contributed by atoms with Crippen LogP contribution in [0.25, 0.3) is 22.1 Å². The zero-order chi connectivity index (χ0) is 18.9. The highest BCUT2D eigenvalue weighted by Crippen LogP contribution is 2.25. The van der Waals surface area contributed by atoms with Crippen LogP contribution in [0.4, 0.5) is 5.69 Å². The summed E-state index contributed by atoms with van der Waals surface area (Å²) in [6.45, 7) is 5.82. The van der Waals surface area contributed by atoms with Crippen LogP contribution in [0.3, 0.4) is 0 Å². The highest BCUT2D eigenvalue weighted by molar-refractivity contribution is 7.85. The standard InChI is InChI=1S/C19H19NO5S/c1-3-20(4-2)15-8-5-14-11-17(19(21)25-18(14)12-15)13-6-9-16(10-7-13)26(22,23)24/h5-12H,3-4H2,1-2H3,(H,22,23,24). The largest absolute Gasteiger partial charge is 0.422 e. The van der Waals surface area contributed by atoms with Crippen molar-refractivity contribution < 1.29 is 17.4 Å². The lowest BCUT2D eigenvalue weighted by Gasteiger charge is -2.21. The van der Waals surface area contributed by atoms with E-state index in [9.17, 15) is 13.2 Å². The smallest absolute Gasteiger partial charge is 0.344 e. The Hall–Kier alpha value is -2.64. The maximum absolute atomic E-state index is 12.4. The Morgan fingerprint density at radius 2 is 1.65 bits per heavy atom. The zero-order valence-electron chi connectivity index (χ0n) is 14.5. The summed E-state index contributed by atoms with van der Waals surface area (Å²) in [4.78, 5) is 14.3. The van der Waals surface area contributed by atoms with Gasteiger partial charge in [-0.25, -0.2) is 4.79 Å². The predicted molar refractivity (Wildman–Crippen MR) is 101 cm³/mol. The molecular formula is C19H19NO5S. The van der Waals surface area contributed by atoms with Crippen LogP contribution in [0.15, 0.2) is 62.6 Å². The fourth-order valence-corrected chi connectivity index (χ4v) is 3.37. The fourth-order valence-electron chi connectivity index (χ4n) is 2.89. The van der Waals surface area contributed by atoms with Crippen LogP contribution in [-0.2, 0) is 10.1 Å². The van der Waals surface area contributed by atoms with E-state index in [1.54, 1.807) is 6.07 Å². The van der Waals surface area contributed by atoms with Crippen molar-refractivity contribution in [2.24, 2.45) is 0 Å².